The Bertz CT molecular complexity index is 555. The maximum atomic E-state index is 10.6. The average Bonchev–Trinajstić information content (AvgIpc) is 3.09. The van der Waals surface area contributed by atoms with Gasteiger partial charge in [0.1, 0.15) is 48.8 Å². The third-order valence-electron chi connectivity index (χ3n) is 5.77. The maximum Gasteiger partial charge on any atom is 0.187 e. The highest BCUT2D eigenvalue weighted by atomic mass is 16.7. The molecule has 0 spiro atoms. The third kappa shape index (κ3) is 4.63. The maximum absolute atomic E-state index is 10.6. The molecule has 0 amide bonds. The van der Waals surface area contributed by atoms with Crippen molar-refractivity contribution in [3.63, 3.8) is 0 Å². The van der Waals surface area contributed by atoms with Gasteiger partial charge in [0.05, 0.1) is 31.5 Å². The van der Waals surface area contributed by atoms with E-state index in [9.17, 15) is 40.9 Å². The first kappa shape index (κ1) is 24.1. The Kier molecular flexibility index (Phi) is 8.01. The van der Waals surface area contributed by atoms with Crippen molar-refractivity contribution in [2.45, 2.75) is 86.6 Å². The van der Waals surface area contributed by atoms with E-state index in [1.165, 1.54) is 6.92 Å². The molecule has 0 aromatic rings. The van der Waals surface area contributed by atoms with Crippen molar-refractivity contribution in [2.75, 3.05) is 19.8 Å². The molecule has 13 nitrogen and oxygen atoms in total. The van der Waals surface area contributed by atoms with E-state index in [0.717, 1.165) is 0 Å². The Morgan fingerprint density at radius 3 is 2.00 bits per heavy atom. The van der Waals surface area contributed by atoms with Crippen molar-refractivity contribution in [1.82, 2.24) is 5.32 Å². The van der Waals surface area contributed by atoms with Crippen LogP contribution in [-0.2, 0) is 18.9 Å². The summed E-state index contributed by atoms with van der Waals surface area (Å²) in [5.74, 6) is 0. The van der Waals surface area contributed by atoms with Gasteiger partial charge < -0.3 is 65.1 Å². The van der Waals surface area contributed by atoms with Gasteiger partial charge in [0.2, 0.25) is 0 Å². The van der Waals surface area contributed by atoms with Crippen molar-refractivity contribution in [1.29, 1.82) is 0 Å². The summed E-state index contributed by atoms with van der Waals surface area (Å²) >= 11 is 0. The molecular formula is C17H31NO12. The molecule has 3 aliphatic rings. The topological polar surface area (TPSA) is 211 Å². The zero-order chi connectivity index (χ0) is 22.2. The lowest BCUT2D eigenvalue weighted by Crippen LogP contribution is -2.64. The third-order valence-corrected chi connectivity index (χ3v) is 5.77. The van der Waals surface area contributed by atoms with Gasteiger partial charge in [-0.1, -0.05) is 0 Å². The van der Waals surface area contributed by atoms with Gasteiger partial charge >= 0.3 is 0 Å². The van der Waals surface area contributed by atoms with E-state index in [1.54, 1.807) is 0 Å². The SMILES string of the molecule is C[C@H]1O[C@@H](O[C@@H]2[C@@H](O)[C@@H](O)[C@@H](OC3C(O)CNC3CO)O[C@@H]2CO)[C@H](O)[C@@H](O)[C@@H]1O. The molecule has 3 fully saturated rings. The Hall–Kier alpha value is -0.520. The van der Waals surface area contributed by atoms with Crippen LogP contribution in [0.3, 0.4) is 0 Å². The van der Waals surface area contributed by atoms with Gasteiger partial charge in [0, 0.05) is 6.54 Å². The van der Waals surface area contributed by atoms with Crippen molar-refractivity contribution in [2.24, 2.45) is 0 Å². The summed E-state index contributed by atoms with van der Waals surface area (Å²) in [6.07, 6.45) is -16.2. The van der Waals surface area contributed by atoms with Crippen LogP contribution < -0.4 is 5.32 Å². The molecule has 0 saturated carbocycles. The van der Waals surface area contributed by atoms with Crippen LogP contribution in [-0.4, -0.2) is 140 Å². The van der Waals surface area contributed by atoms with Crippen LogP contribution in [0.5, 0.6) is 0 Å². The van der Waals surface area contributed by atoms with Crippen molar-refractivity contribution < 1.29 is 59.8 Å². The monoisotopic (exact) mass is 441 g/mol. The Balaban J connectivity index is 1.68. The Morgan fingerprint density at radius 1 is 0.767 bits per heavy atom. The highest BCUT2D eigenvalue weighted by molar-refractivity contribution is 4.96. The first-order valence-electron chi connectivity index (χ1n) is 9.84. The van der Waals surface area contributed by atoms with Crippen molar-refractivity contribution >= 4 is 0 Å². The zero-order valence-corrected chi connectivity index (χ0v) is 16.3. The van der Waals surface area contributed by atoms with Gasteiger partial charge in [-0.3, -0.25) is 0 Å². The Labute approximate surface area is 172 Å². The molecule has 13 heteroatoms. The molecule has 0 aromatic carbocycles. The first-order chi connectivity index (χ1) is 14.2. The van der Waals surface area contributed by atoms with Gasteiger partial charge in [0.25, 0.3) is 0 Å². The lowest BCUT2D eigenvalue weighted by Gasteiger charge is -2.46. The van der Waals surface area contributed by atoms with E-state index in [2.05, 4.69) is 5.32 Å². The minimum absolute atomic E-state index is 0.152. The standard InChI is InChI=1S/C17H31NO12/c1-5-9(22)10(23)12(25)16(27-5)30-15-8(4-20)28-17(13(26)11(15)24)29-14-6(3-19)18-2-7(14)21/h5-26H,2-4H2,1H3/t5-,6?,7?,8-,9-,10+,11+,12-,13-,14?,15+,16+,17-/m1/s1. The minimum Gasteiger partial charge on any atom is -0.395 e. The van der Waals surface area contributed by atoms with E-state index in [-0.39, 0.29) is 13.2 Å². The summed E-state index contributed by atoms with van der Waals surface area (Å²) in [6.45, 7) is 0.600. The number of rotatable bonds is 6. The molecular weight excluding hydrogens is 410 g/mol. The van der Waals surface area contributed by atoms with Gasteiger partial charge in [-0.15, -0.1) is 0 Å². The summed E-state index contributed by atoms with van der Waals surface area (Å²) in [4.78, 5) is 0. The predicted molar refractivity (Wildman–Crippen MR) is 94.7 cm³/mol. The molecule has 0 bridgehead atoms. The van der Waals surface area contributed by atoms with Gasteiger partial charge in [-0.05, 0) is 6.92 Å². The molecule has 176 valence electrons. The van der Waals surface area contributed by atoms with Crippen LogP contribution in [0.2, 0.25) is 0 Å². The summed E-state index contributed by atoms with van der Waals surface area (Å²) < 4.78 is 21.9. The molecule has 30 heavy (non-hydrogen) atoms. The van der Waals surface area contributed by atoms with Crippen LogP contribution in [0.4, 0.5) is 0 Å². The van der Waals surface area contributed by atoms with E-state index >= 15 is 0 Å². The predicted octanol–water partition coefficient (Wildman–Crippen LogP) is -5.65. The second kappa shape index (κ2) is 9.95. The molecule has 3 unspecified atom stereocenters. The van der Waals surface area contributed by atoms with Crippen LogP contribution in [0, 0.1) is 0 Å². The second-order valence-electron chi connectivity index (χ2n) is 7.85. The highest BCUT2D eigenvalue weighted by Crippen LogP contribution is 2.30. The van der Waals surface area contributed by atoms with Gasteiger partial charge in [-0.2, -0.15) is 0 Å². The number of nitrogens with one attached hydrogen (secondary N) is 1. The van der Waals surface area contributed by atoms with Crippen molar-refractivity contribution in [3.8, 4) is 0 Å². The number of β-amino-alcohol motifs (C(OH)–C–C–N with tert-alkyl or cyclic N) is 1. The van der Waals surface area contributed by atoms with E-state index < -0.39 is 86.3 Å². The van der Waals surface area contributed by atoms with E-state index in [1.807, 2.05) is 0 Å². The van der Waals surface area contributed by atoms with E-state index in [4.69, 9.17) is 18.9 Å². The van der Waals surface area contributed by atoms with Crippen LogP contribution >= 0.6 is 0 Å². The number of ether oxygens (including phenoxy) is 4. The average molecular weight is 441 g/mol. The summed E-state index contributed by atoms with van der Waals surface area (Å²) in [6, 6.07) is -0.616. The summed E-state index contributed by atoms with van der Waals surface area (Å²) in [5.41, 5.74) is 0. The van der Waals surface area contributed by atoms with Crippen LogP contribution in [0.25, 0.3) is 0 Å². The normalized spacial score (nSPS) is 52.5. The fraction of sp³-hybridized carbons (Fsp3) is 1.00. The number of aliphatic hydroxyl groups is 8. The first-order valence-corrected chi connectivity index (χ1v) is 9.84. The molecule has 3 aliphatic heterocycles. The lowest BCUT2D eigenvalue weighted by molar-refractivity contribution is -0.361. The molecule has 3 rings (SSSR count). The molecule has 0 aromatic heterocycles. The van der Waals surface area contributed by atoms with Gasteiger partial charge in [-0.25, -0.2) is 0 Å². The number of hydrogen-bond acceptors (Lipinski definition) is 13. The van der Waals surface area contributed by atoms with E-state index in [0.29, 0.717) is 0 Å². The fourth-order valence-electron chi connectivity index (χ4n) is 3.90. The highest BCUT2D eigenvalue weighted by Gasteiger charge is 2.51. The van der Waals surface area contributed by atoms with Crippen LogP contribution in [0.1, 0.15) is 6.92 Å². The van der Waals surface area contributed by atoms with Gasteiger partial charge in [0.15, 0.2) is 12.6 Å². The minimum atomic E-state index is -1.67. The Morgan fingerprint density at radius 2 is 1.37 bits per heavy atom. The second-order valence-corrected chi connectivity index (χ2v) is 7.85. The van der Waals surface area contributed by atoms with Crippen LogP contribution in [0.15, 0.2) is 0 Å². The summed E-state index contributed by atoms with van der Waals surface area (Å²) in [7, 11) is 0. The largest absolute Gasteiger partial charge is 0.395 e. The molecule has 0 radical (unpaired) electrons. The number of hydrogen-bond donors (Lipinski definition) is 9. The molecule has 3 saturated heterocycles. The van der Waals surface area contributed by atoms with Crippen molar-refractivity contribution in [3.05, 3.63) is 0 Å². The molecule has 3 heterocycles. The lowest BCUT2D eigenvalue weighted by atomic mass is 9.97. The molecule has 9 N–H and O–H groups in total. The fourth-order valence-corrected chi connectivity index (χ4v) is 3.90. The molecule has 13 atom stereocenters. The molecule has 0 aliphatic carbocycles. The zero-order valence-electron chi connectivity index (χ0n) is 16.3. The smallest absolute Gasteiger partial charge is 0.187 e. The number of aliphatic hydroxyl groups excluding tert-OH is 8. The summed E-state index contributed by atoms with van der Waals surface area (Å²) in [5, 5.41) is 82.7. The quantitative estimate of drug-likeness (QED) is 0.188.